The van der Waals surface area contributed by atoms with E-state index in [2.05, 4.69) is 15.6 Å². The average molecular weight is 703 g/mol. The average Bonchev–Trinajstić information content (AvgIpc) is 3.76. The number of rotatable bonds is 6. The van der Waals surface area contributed by atoms with Crippen LogP contribution in [-0.2, 0) is 35.3 Å². The van der Waals surface area contributed by atoms with E-state index in [4.69, 9.17) is 9.47 Å². The Kier molecular flexibility index (Phi) is 8.89. The van der Waals surface area contributed by atoms with Crippen LogP contribution >= 0.6 is 0 Å². The minimum atomic E-state index is -1.59. The van der Waals surface area contributed by atoms with Crippen molar-refractivity contribution in [1.29, 1.82) is 0 Å². The van der Waals surface area contributed by atoms with Crippen LogP contribution in [0.4, 0.5) is 0 Å². The lowest BCUT2D eigenvalue weighted by atomic mass is 9.78. The van der Waals surface area contributed by atoms with E-state index in [9.17, 15) is 14.7 Å². The highest BCUT2D eigenvalue weighted by atomic mass is 16.6. The lowest BCUT2D eigenvalue weighted by Gasteiger charge is -2.38. The van der Waals surface area contributed by atoms with Crippen molar-refractivity contribution < 1.29 is 33.8 Å². The van der Waals surface area contributed by atoms with Crippen LogP contribution in [0.2, 0.25) is 0 Å². The molecule has 13 heteroatoms. The second kappa shape index (κ2) is 13.8. The van der Waals surface area contributed by atoms with Crippen LogP contribution in [0.5, 0.6) is 0 Å². The molecule has 0 unspecified atom stereocenters. The summed E-state index contributed by atoms with van der Waals surface area (Å²) in [4.78, 5) is 60.2. The Morgan fingerprint density at radius 2 is 1.67 bits per heavy atom. The smallest absolute Gasteiger partial charge is 0.313 e. The van der Waals surface area contributed by atoms with Gasteiger partial charge in [-0.1, -0.05) is 102 Å². The van der Waals surface area contributed by atoms with E-state index in [0.29, 0.717) is 23.1 Å². The molecule has 5 heterocycles. The number of likely N-dealkylation sites (tertiary alicyclic amines) is 1. The minimum absolute atomic E-state index is 0.0344. The van der Waals surface area contributed by atoms with E-state index in [0.717, 1.165) is 5.52 Å². The number of benzene rings is 3. The lowest BCUT2D eigenvalue weighted by molar-refractivity contribution is -0.161. The first kappa shape index (κ1) is 33.5. The van der Waals surface area contributed by atoms with Crippen LogP contribution < -0.4 is 5.32 Å². The van der Waals surface area contributed by atoms with Gasteiger partial charge in [0.1, 0.15) is 35.9 Å². The van der Waals surface area contributed by atoms with E-state index < -0.39 is 66.1 Å². The molecule has 4 aromatic rings. The van der Waals surface area contributed by atoms with Gasteiger partial charge in [-0.2, -0.15) is 0 Å². The molecular weight excluding hydrogens is 664 g/mol. The normalized spacial score (nSPS) is 28.9. The monoisotopic (exact) mass is 702 g/mol. The van der Waals surface area contributed by atoms with Crippen molar-refractivity contribution in [3.05, 3.63) is 120 Å². The molecule has 0 saturated carbocycles. The van der Waals surface area contributed by atoms with Gasteiger partial charge in [-0.05, 0) is 29.7 Å². The Bertz CT molecular complexity index is 2050. The Labute approximate surface area is 299 Å². The van der Waals surface area contributed by atoms with Gasteiger partial charge in [0.2, 0.25) is 11.8 Å². The van der Waals surface area contributed by atoms with E-state index >= 15 is 9.59 Å². The summed E-state index contributed by atoms with van der Waals surface area (Å²) in [7, 11) is 0. The molecule has 2 saturated heterocycles. The maximum atomic E-state index is 15.1. The Hall–Kier alpha value is -5.66. The number of cyclic esters (lactones) is 1. The molecule has 3 aromatic carbocycles. The fourth-order valence-electron chi connectivity index (χ4n) is 8.07. The number of carbonyl (C=O) groups excluding carboxylic acids is 4. The molecule has 3 amide bonds. The van der Waals surface area contributed by atoms with E-state index in [1.807, 2.05) is 60.7 Å². The number of hydrogen-bond donors (Lipinski definition) is 2. The van der Waals surface area contributed by atoms with Gasteiger partial charge in [-0.15, -0.1) is 5.10 Å². The summed E-state index contributed by atoms with van der Waals surface area (Å²) in [5.74, 6) is -4.13. The number of hydrogen-bond acceptors (Lipinski definition) is 9. The van der Waals surface area contributed by atoms with Crippen molar-refractivity contribution in [3.63, 3.8) is 0 Å². The molecule has 7 atom stereocenters. The lowest BCUT2D eigenvalue weighted by Crippen LogP contribution is -2.56. The summed E-state index contributed by atoms with van der Waals surface area (Å²) in [5, 5.41) is 22.3. The van der Waals surface area contributed by atoms with Crippen LogP contribution in [0.25, 0.3) is 11.0 Å². The Morgan fingerprint density at radius 1 is 0.923 bits per heavy atom. The number of aliphatic hydroxyl groups is 1. The number of nitrogens with zero attached hydrogens (tertiary/aromatic N) is 5. The fourth-order valence-corrected chi connectivity index (χ4v) is 8.07. The topological polar surface area (TPSA) is 156 Å². The molecule has 266 valence electrons. The van der Waals surface area contributed by atoms with Crippen molar-refractivity contribution >= 4 is 34.7 Å². The van der Waals surface area contributed by atoms with Gasteiger partial charge < -0.3 is 29.7 Å². The molecular formula is C39H38N6O7. The number of ether oxygens (including phenoxy) is 2. The van der Waals surface area contributed by atoms with Crippen molar-refractivity contribution in [3.8, 4) is 0 Å². The summed E-state index contributed by atoms with van der Waals surface area (Å²) in [6.07, 6.45) is 5.78. The number of esters is 1. The minimum Gasteiger partial charge on any atom is -0.455 e. The molecule has 8 rings (SSSR count). The summed E-state index contributed by atoms with van der Waals surface area (Å²) in [6, 6.07) is 23.4. The number of aromatic nitrogens is 3. The van der Waals surface area contributed by atoms with Gasteiger partial charge in [0.05, 0.1) is 36.7 Å². The van der Waals surface area contributed by atoms with Gasteiger partial charge in [0, 0.05) is 13.0 Å². The van der Waals surface area contributed by atoms with Crippen molar-refractivity contribution in [2.75, 3.05) is 19.7 Å². The molecule has 2 N–H and O–H groups in total. The molecule has 0 bridgehead atoms. The largest absolute Gasteiger partial charge is 0.455 e. The number of carbonyl (C=O) groups is 4. The molecule has 0 radical (unpaired) electrons. The predicted octanol–water partition coefficient (Wildman–Crippen LogP) is 2.85. The third-order valence-electron chi connectivity index (χ3n) is 10.5. The Morgan fingerprint density at radius 3 is 2.46 bits per heavy atom. The molecule has 13 nitrogen and oxygen atoms in total. The predicted molar refractivity (Wildman–Crippen MR) is 187 cm³/mol. The zero-order valence-electron chi connectivity index (χ0n) is 28.2. The highest BCUT2D eigenvalue weighted by Crippen LogP contribution is 2.55. The van der Waals surface area contributed by atoms with E-state index in [1.165, 1.54) is 4.90 Å². The van der Waals surface area contributed by atoms with Crippen LogP contribution in [0, 0.1) is 11.8 Å². The standard InChI is InChI=1S/C39H38N6O7/c46-23-29(25-12-3-1-4-13-25)45-35-37(49)43(24-44-28-17-8-7-16-27(28)41-42-44)21-11-20-39(35)34(36(45)48)33-30(52-39)18-9-10-19-32(47)40-22-31(51-38(33)50)26-14-5-2-6-15-26/h1-9,11-18,20,29-31,33-35,46H,10,19,21-24H2,(H,40,47)/b18-9-/t29-,30+,31-,33-,34-,35+,39-/m1/s1. The molecule has 52 heavy (non-hydrogen) atoms. The summed E-state index contributed by atoms with van der Waals surface area (Å²) in [6.45, 7) is -0.237. The first-order valence-electron chi connectivity index (χ1n) is 17.5. The number of nitrogens with one attached hydrogen (secondary N) is 1. The summed E-state index contributed by atoms with van der Waals surface area (Å²) < 4.78 is 14.7. The highest BCUT2D eigenvalue weighted by Gasteiger charge is 2.72. The number of allylic oxidation sites excluding steroid dienone is 1. The maximum absolute atomic E-state index is 15.1. The molecule has 4 aliphatic heterocycles. The fraction of sp³-hybridized carbons (Fsp3) is 0.333. The second-order valence-electron chi connectivity index (χ2n) is 13.5. The van der Waals surface area contributed by atoms with Crippen LogP contribution in [-0.4, -0.2) is 91.0 Å². The summed E-state index contributed by atoms with van der Waals surface area (Å²) in [5.41, 5.74) is 1.11. The van der Waals surface area contributed by atoms with Crippen LogP contribution in [0.1, 0.15) is 36.1 Å². The van der Waals surface area contributed by atoms with E-state index in [1.54, 1.807) is 58.2 Å². The van der Waals surface area contributed by atoms with Crippen LogP contribution in [0.3, 0.4) is 0 Å². The molecule has 0 aliphatic carbocycles. The third kappa shape index (κ3) is 5.75. The van der Waals surface area contributed by atoms with Gasteiger partial charge in [0.25, 0.3) is 5.91 Å². The molecule has 4 aliphatic rings. The third-order valence-corrected chi connectivity index (χ3v) is 10.5. The van der Waals surface area contributed by atoms with E-state index in [-0.39, 0.29) is 32.1 Å². The maximum Gasteiger partial charge on any atom is 0.313 e. The number of aliphatic hydroxyl groups excluding tert-OH is 1. The molecule has 1 spiro atoms. The SMILES string of the molecule is O=C1CC/C=C\[C@@H]2O[C@@]34C=CCN(Cn5nnc6ccccc65)C(=O)[C@@H]3N([C@H](CO)c3ccccc3)C(=O)[C@H]4[C@@H]2C(=O)O[C@@H](c2ccccc2)CN1. The first-order chi connectivity index (χ1) is 25.4. The van der Waals surface area contributed by atoms with Gasteiger partial charge >= 0.3 is 5.97 Å². The molecule has 2 fully saturated rings. The second-order valence-corrected chi connectivity index (χ2v) is 13.5. The number of fused-ring (bicyclic) bond motifs is 3. The first-order valence-corrected chi connectivity index (χ1v) is 17.5. The van der Waals surface area contributed by atoms with Crippen molar-refractivity contribution in [2.24, 2.45) is 11.8 Å². The number of amides is 3. The number of para-hydroxylation sites is 1. The quantitative estimate of drug-likeness (QED) is 0.228. The van der Waals surface area contributed by atoms with Gasteiger partial charge in [0.15, 0.2) is 0 Å². The van der Waals surface area contributed by atoms with Gasteiger partial charge in [-0.3, -0.25) is 19.2 Å². The van der Waals surface area contributed by atoms with Crippen molar-refractivity contribution in [1.82, 2.24) is 30.1 Å². The zero-order chi connectivity index (χ0) is 35.8. The van der Waals surface area contributed by atoms with Gasteiger partial charge in [-0.25, -0.2) is 4.68 Å². The van der Waals surface area contributed by atoms with Crippen LogP contribution in [0.15, 0.2) is 109 Å². The van der Waals surface area contributed by atoms with Crippen molar-refractivity contribution in [2.45, 2.75) is 49.4 Å². The zero-order valence-corrected chi connectivity index (χ0v) is 28.2. The molecule has 1 aromatic heterocycles. The highest BCUT2D eigenvalue weighted by molar-refractivity contribution is 5.99. The summed E-state index contributed by atoms with van der Waals surface area (Å²) >= 11 is 0. The Balaban J connectivity index is 1.23.